The molecule has 5 N–H and O–H groups in total. The molecule has 1 fully saturated rings. The molecule has 1 aromatic rings. The Balaban J connectivity index is 0.00000225. The maximum Gasteiger partial charge on any atom is 0.244 e. The lowest BCUT2D eigenvalue weighted by molar-refractivity contribution is 0.260. The first kappa shape index (κ1) is 20.7. The summed E-state index contributed by atoms with van der Waals surface area (Å²) < 4.78 is 51.1. The fourth-order valence-electron chi connectivity index (χ4n) is 3.29. The number of benzene rings is 1. The third kappa shape index (κ3) is 3.90. The number of anilines is 1. The molecule has 1 heterocycles. The van der Waals surface area contributed by atoms with Gasteiger partial charge in [0.05, 0.1) is 10.7 Å². The molecular weight excluding hydrogens is 411 g/mol. The normalized spacial score (nSPS) is 27.9. The Labute approximate surface area is 158 Å². The van der Waals surface area contributed by atoms with Crippen LogP contribution in [0.2, 0.25) is 5.02 Å². The highest BCUT2D eigenvalue weighted by molar-refractivity contribution is 7.90. The summed E-state index contributed by atoms with van der Waals surface area (Å²) in [5.41, 5.74) is -0.500. The first-order valence-corrected chi connectivity index (χ1v) is 10.8. The lowest BCUT2D eigenvalue weighted by Gasteiger charge is -2.44. The van der Waals surface area contributed by atoms with Crippen molar-refractivity contribution >= 4 is 49.7 Å². The first-order valence-electron chi connectivity index (χ1n) is 7.42. The summed E-state index contributed by atoms with van der Waals surface area (Å²) >= 11 is 5.99. The molecule has 8 nitrogen and oxygen atoms in total. The van der Waals surface area contributed by atoms with E-state index < -0.39 is 30.6 Å². The molecule has 1 aromatic carbocycles. The summed E-state index contributed by atoms with van der Waals surface area (Å²) in [7, 11) is -6.13. The summed E-state index contributed by atoms with van der Waals surface area (Å²) in [6.45, 7) is 0. The molecule has 0 aromatic heterocycles. The maximum absolute atomic E-state index is 12.6. The van der Waals surface area contributed by atoms with Gasteiger partial charge in [0.2, 0.25) is 20.0 Å². The van der Waals surface area contributed by atoms with Gasteiger partial charge in [0.25, 0.3) is 0 Å². The Morgan fingerprint density at radius 2 is 1.92 bits per heavy atom. The van der Waals surface area contributed by atoms with E-state index in [2.05, 4.69) is 15.4 Å². The van der Waals surface area contributed by atoms with Crippen LogP contribution in [0.3, 0.4) is 0 Å². The molecule has 1 saturated carbocycles. The lowest BCUT2D eigenvalue weighted by atomic mass is 9.86. The van der Waals surface area contributed by atoms with Gasteiger partial charge in [-0.05, 0) is 44.9 Å². The van der Waals surface area contributed by atoms with Gasteiger partial charge in [-0.25, -0.2) is 22.0 Å². The lowest BCUT2D eigenvalue weighted by Crippen LogP contribution is -2.60. The summed E-state index contributed by atoms with van der Waals surface area (Å²) in [6.07, 6.45) is 2.83. The van der Waals surface area contributed by atoms with E-state index >= 15 is 0 Å². The molecule has 1 aliphatic carbocycles. The van der Waals surface area contributed by atoms with Crippen LogP contribution in [-0.2, 0) is 20.0 Å². The van der Waals surface area contributed by atoms with Gasteiger partial charge >= 0.3 is 0 Å². The van der Waals surface area contributed by atoms with Crippen molar-refractivity contribution in [1.82, 2.24) is 10.0 Å². The van der Waals surface area contributed by atoms with Crippen LogP contribution in [0, 0.1) is 0 Å². The van der Waals surface area contributed by atoms with Crippen molar-refractivity contribution in [3.63, 3.8) is 0 Å². The van der Waals surface area contributed by atoms with Crippen molar-refractivity contribution in [1.29, 1.82) is 0 Å². The molecule has 12 heteroatoms. The maximum atomic E-state index is 12.6. The van der Waals surface area contributed by atoms with Crippen LogP contribution in [0.4, 0.5) is 5.69 Å². The first-order chi connectivity index (χ1) is 11.1. The van der Waals surface area contributed by atoms with Crippen molar-refractivity contribution < 1.29 is 16.8 Å². The Kier molecular flexibility index (Phi) is 5.66. The van der Waals surface area contributed by atoms with E-state index in [-0.39, 0.29) is 28.0 Å². The number of nitrogens with two attached hydrogens (primary N) is 1. The highest BCUT2D eigenvalue weighted by atomic mass is 35.5. The van der Waals surface area contributed by atoms with Crippen LogP contribution < -0.4 is 20.5 Å². The van der Waals surface area contributed by atoms with Crippen molar-refractivity contribution in [2.75, 3.05) is 12.4 Å². The fraction of sp³-hybridized carbons (Fsp3) is 0.538. The standard InChI is InChI=1S/C13H19ClN4O4S2.ClH/c1-16-8-2-4-13(5-3-8)17-10-6-9(14)11(23(15,19)20)7-12(10)24(21,22)18-13;/h6-8,16-18H,2-5H2,1H3,(H2,15,19,20);1H. The smallest absolute Gasteiger partial charge is 0.244 e. The molecule has 142 valence electrons. The third-order valence-electron chi connectivity index (χ3n) is 4.58. The van der Waals surface area contributed by atoms with E-state index in [4.69, 9.17) is 16.7 Å². The summed E-state index contributed by atoms with van der Waals surface area (Å²) in [5.74, 6) is 0. The van der Waals surface area contributed by atoms with Crippen LogP contribution in [0.25, 0.3) is 0 Å². The largest absolute Gasteiger partial charge is 0.365 e. The fourth-order valence-corrected chi connectivity index (χ4v) is 6.02. The summed E-state index contributed by atoms with van der Waals surface area (Å²) in [6, 6.07) is 2.65. The second-order valence-electron chi connectivity index (χ2n) is 6.20. The SMILES string of the molecule is CNC1CCC2(CC1)Nc1cc(Cl)c(S(N)(=O)=O)cc1S(=O)(=O)N2.Cl. The second kappa shape index (κ2) is 6.84. The van der Waals surface area contributed by atoms with Crippen LogP contribution in [0.15, 0.2) is 21.9 Å². The minimum absolute atomic E-state index is 0. The molecule has 0 saturated heterocycles. The zero-order chi connectivity index (χ0) is 17.8. The topological polar surface area (TPSA) is 130 Å². The number of hydrogen-bond donors (Lipinski definition) is 4. The molecule has 0 radical (unpaired) electrons. The van der Waals surface area contributed by atoms with Crippen molar-refractivity contribution in [2.45, 2.75) is 47.2 Å². The van der Waals surface area contributed by atoms with Crippen molar-refractivity contribution in [2.24, 2.45) is 5.14 Å². The molecule has 0 bridgehead atoms. The van der Waals surface area contributed by atoms with Gasteiger partial charge in [0, 0.05) is 6.04 Å². The van der Waals surface area contributed by atoms with E-state index in [1.165, 1.54) is 6.07 Å². The monoisotopic (exact) mass is 430 g/mol. The highest BCUT2D eigenvalue weighted by Gasteiger charge is 2.43. The average Bonchev–Trinajstić information content (AvgIpc) is 2.45. The average molecular weight is 431 g/mol. The minimum Gasteiger partial charge on any atom is -0.365 e. The quantitative estimate of drug-likeness (QED) is 0.552. The van der Waals surface area contributed by atoms with Crippen molar-refractivity contribution in [3.8, 4) is 0 Å². The predicted molar refractivity (Wildman–Crippen MR) is 98.1 cm³/mol. The van der Waals surface area contributed by atoms with Gasteiger partial charge in [0.1, 0.15) is 15.5 Å². The molecule has 0 amide bonds. The molecular formula is C13H20Cl2N4O4S2. The Morgan fingerprint density at radius 3 is 2.44 bits per heavy atom. The zero-order valence-electron chi connectivity index (χ0n) is 13.4. The van der Waals surface area contributed by atoms with E-state index in [0.717, 1.165) is 18.9 Å². The molecule has 25 heavy (non-hydrogen) atoms. The Hall–Kier alpha value is -0.620. The van der Waals surface area contributed by atoms with Crippen LogP contribution in [0.1, 0.15) is 25.7 Å². The van der Waals surface area contributed by atoms with E-state index in [1.807, 2.05) is 7.05 Å². The number of halogens is 2. The van der Waals surface area contributed by atoms with E-state index in [0.29, 0.717) is 18.9 Å². The van der Waals surface area contributed by atoms with Crippen LogP contribution >= 0.6 is 24.0 Å². The molecule has 0 atom stereocenters. The number of fused-ring (bicyclic) bond motifs is 1. The predicted octanol–water partition coefficient (Wildman–Crippen LogP) is 0.971. The zero-order valence-corrected chi connectivity index (χ0v) is 16.6. The minimum atomic E-state index is -4.12. The molecule has 1 aliphatic heterocycles. The van der Waals surface area contributed by atoms with Gasteiger partial charge < -0.3 is 10.6 Å². The molecule has 0 unspecified atom stereocenters. The molecule has 3 rings (SSSR count). The number of sulfonamides is 2. The van der Waals surface area contributed by atoms with Crippen LogP contribution in [-0.4, -0.2) is 35.6 Å². The second-order valence-corrected chi connectivity index (χ2v) is 9.79. The van der Waals surface area contributed by atoms with Gasteiger partial charge in [-0.3, -0.25) is 0 Å². The van der Waals surface area contributed by atoms with E-state index in [1.54, 1.807) is 0 Å². The van der Waals surface area contributed by atoms with Crippen molar-refractivity contribution in [3.05, 3.63) is 17.2 Å². The van der Waals surface area contributed by atoms with Gasteiger partial charge in [-0.15, -0.1) is 12.4 Å². The van der Waals surface area contributed by atoms with Gasteiger partial charge in [-0.1, -0.05) is 11.6 Å². The molecule has 1 spiro atoms. The summed E-state index contributed by atoms with van der Waals surface area (Å²) in [5, 5.41) is 11.4. The Morgan fingerprint density at radius 1 is 1.32 bits per heavy atom. The number of hydrogen-bond acceptors (Lipinski definition) is 6. The highest BCUT2D eigenvalue weighted by Crippen LogP contribution is 2.40. The third-order valence-corrected chi connectivity index (χ3v) is 7.53. The number of primary sulfonamides is 1. The van der Waals surface area contributed by atoms with Crippen LogP contribution in [0.5, 0.6) is 0 Å². The van der Waals surface area contributed by atoms with E-state index in [9.17, 15) is 16.8 Å². The number of rotatable bonds is 2. The summed E-state index contributed by atoms with van der Waals surface area (Å²) in [4.78, 5) is -0.581. The number of nitrogens with one attached hydrogen (secondary N) is 3. The molecule has 2 aliphatic rings. The Bertz CT molecular complexity index is 882. The van der Waals surface area contributed by atoms with Gasteiger partial charge in [0.15, 0.2) is 0 Å². The van der Waals surface area contributed by atoms with Gasteiger partial charge in [-0.2, -0.15) is 4.72 Å².